The van der Waals surface area contributed by atoms with Gasteiger partial charge in [-0.05, 0) is 6.07 Å². The maximum absolute atomic E-state index is 10.5. The monoisotopic (exact) mass is 193 g/mol. The molecule has 0 aliphatic heterocycles. The zero-order valence-electron chi connectivity index (χ0n) is 7.12. The average Bonchev–Trinajstić information content (AvgIpc) is 2.75. The van der Waals surface area contributed by atoms with Gasteiger partial charge in [-0.25, -0.2) is 4.79 Å². The molecule has 0 amide bonds. The Kier molecular flexibility index (Phi) is 2.02. The molecule has 2 aromatic rings. The van der Waals surface area contributed by atoms with Crippen LogP contribution in [0.2, 0.25) is 0 Å². The van der Waals surface area contributed by atoms with Gasteiger partial charge in [0.25, 0.3) is 0 Å². The van der Waals surface area contributed by atoms with Crippen LogP contribution in [0.4, 0.5) is 0 Å². The zero-order valence-corrected chi connectivity index (χ0v) is 7.12. The van der Waals surface area contributed by atoms with Crippen LogP contribution in [0.1, 0.15) is 16.2 Å². The number of aromatic nitrogens is 3. The van der Waals surface area contributed by atoms with E-state index in [4.69, 9.17) is 9.63 Å². The van der Waals surface area contributed by atoms with Gasteiger partial charge in [0.2, 0.25) is 0 Å². The lowest BCUT2D eigenvalue weighted by Gasteiger charge is -1.94. The van der Waals surface area contributed by atoms with E-state index >= 15 is 0 Å². The van der Waals surface area contributed by atoms with Gasteiger partial charge in [-0.15, -0.1) is 0 Å². The number of carboxylic acids is 1. The number of nitrogens with zero attached hydrogens (tertiary/aromatic N) is 3. The summed E-state index contributed by atoms with van der Waals surface area (Å²) in [5.41, 5.74) is 0.0181. The third-order valence-corrected chi connectivity index (χ3v) is 1.67. The van der Waals surface area contributed by atoms with Gasteiger partial charge >= 0.3 is 5.97 Å². The molecule has 2 heterocycles. The smallest absolute Gasteiger partial charge is 0.356 e. The van der Waals surface area contributed by atoms with E-state index in [0.29, 0.717) is 12.3 Å². The Bertz CT molecular complexity index is 432. The van der Waals surface area contributed by atoms with Gasteiger partial charge in [0.05, 0.1) is 6.20 Å². The fourth-order valence-corrected chi connectivity index (χ4v) is 1.05. The van der Waals surface area contributed by atoms with Crippen LogP contribution >= 0.6 is 0 Å². The Labute approximate surface area is 78.7 Å². The van der Waals surface area contributed by atoms with Crippen LogP contribution in [-0.4, -0.2) is 26.0 Å². The normalized spacial score (nSPS) is 10.3. The minimum atomic E-state index is -1.04. The van der Waals surface area contributed by atoms with Gasteiger partial charge in [-0.2, -0.15) is 5.10 Å². The first-order valence-corrected chi connectivity index (χ1v) is 3.92. The predicted octanol–water partition coefficient (Wildman–Crippen LogP) is 0.618. The van der Waals surface area contributed by atoms with Crippen molar-refractivity contribution < 1.29 is 14.4 Å². The van der Waals surface area contributed by atoms with E-state index in [-0.39, 0.29) is 5.69 Å². The quantitative estimate of drug-likeness (QED) is 0.772. The van der Waals surface area contributed by atoms with E-state index in [1.54, 1.807) is 12.3 Å². The molecule has 72 valence electrons. The van der Waals surface area contributed by atoms with Gasteiger partial charge in [0.15, 0.2) is 11.5 Å². The summed E-state index contributed by atoms with van der Waals surface area (Å²) in [5.74, 6) is -0.411. The molecule has 0 atom stereocenters. The van der Waals surface area contributed by atoms with Crippen molar-refractivity contribution in [2.45, 2.75) is 6.54 Å². The first kappa shape index (κ1) is 8.49. The SMILES string of the molecule is O=C(O)c1ccn(Cc2ccno2)n1. The minimum absolute atomic E-state index is 0.0181. The average molecular weight is 193 g/mol. The number of carboxylic acid groups (broad SMARTS) is 1. The van der Waals surface area contributed by atoms with E-state index in [1.165, 1.54) is 16.9 Å². The van der Waals surface area contributed by atoms with Crippen molar-refractivity contribution in [3.63, 3.8) is 0 Å². The van der Waals surface area contributed by atoms with Crippen LogP contribution in [0.3, 0.4) is 0 Å². The minimum Gasteiger partial charge on any atom is -0.476 e. The molecule has 0 spiro atoms. The van der Waals surface area contributed by atoms with Crippen LogP contribution in [0.5, 0.6) is 0 Å². The highest BCUT2D eigenvalue weighted by Crippen LogP contribution is 2.01. The van der Waals surface area contributed by atoms with Gasteiger partial charge < -0.3 is 9.63 Å². The molecule has 6 nitrogen and oxygen atoms in total. The van der Waals surface area contributed by atoms with E-state index in [0.717, 1.165) is 0 Å². The molecule has 6 heteroatoms. The molecule has 0 bridgehead atoms. The Morgan fingerprint density at radius 3 is 3.00 bits per heavy atom. The first-order chi connectivity index (χ1) is 6.75. The second-order valence-corrected chi connectivity index (χ2v) is 2.68. The number of hydrogen-bond donors (Lipinski definition) is 1. The summed E-state index contributed by atoms with van der Waals surface area (Å²) in [6.45, 7) is 0.382. The number of carbonyl (C=O) groups is 1. The summed E-state index contributed by atoms with van der Waals surface area (Å²) < 4.78 is 6.33. The number of hydrogen-bond acceptors (Lipinski definition) is 4. The highest BCUT2D eigenvalue weighted by Gasteiger charge is 2.07. The summed E-state index contributed by atoms with van der Waals surface area (Å²) in [6, 6.07) is 3.13. The standard InChI is InChI=1S/C8H7N3O3/c12-8(13)7-2-4-11(10-7)5-6-1-3-9-14-6/h1-4H,5H2,(H,12,13). The molecular weight excluding hydrogens is 186 g/mol. The third-order valence-electron chi connectivity index (χ3n) is 1.67. The molecule has 0 fully saturated rings. The first-order valence-electron chi connectivity index (χ1n) is 3.92. The topological polar surface area (TPSA) is 81.1 Å². The highest BCUT2D eigenvalue weighted by atomic mass is 16.5. The van der Waals surface area contributed by atoms with Crippen molar-refractivity contribution in [1.82, 2.24) is 14.9 Å². The molecule has 1 N–H and O–H groups in total. The molecule has 14 heavy (non-hydrogen) atoms. The molecule has 2 rings (SSSR count). The highest BCUT2D eigenvalue weighted by molar-refractivity contribution is 5.84. The molecule has 2 aromatic heterocycles. The van der Waals surface area contributed by atoms with Crippen molar-refractivity contribution in [3.05, 3.63) is 36.0 Å². The lowest BCUT2D eigenvalue weighted by atomic mass is 10.4. The van der Waals surface area contributed by atoms with Crippen molar-refractivity contribution in [2.24, 2.45) is 0 Å². The molecule has 0 saturated carbocycles. The largest absolute Gasteiger partial charge is 0.476 e. The van der Waals surface area contributed by atoms with Crippen LogP contribution in [0, 0.1) is 0 Å². The van der Waals surface area contributed by atoms with Gasteiger partial charge in [0, 0.05) is 12.3 Å². The van der Waals surface area contributed by atoms with E-state index in [1.807, 2.05) is 0 Å². The Morgan fingerprint density at radius 2 is 2.43 bits per heavy atom. The molecule has 0 radical (unpaired) electrons. The van der Waals surface area contributed by atoms with Crippen LogP contribution in [-0.2, 0) is 6.54 Å². The number of rotatable bonds is 3. The van der Waals surface area contributed by atoms with Gasteiger partial charge in [-0.3, -0.25) is 4.68 Å². The van der Waals surface area contributed by atoms with Crippen molar-refractivity contribution in [3.8, 4) is 0 Å². The molecule has 0 unspecified atom stereocenters. The second-order valence-electron chi connectivity index (χ2n) is 2.68. The van der Waals surface area contributed by atoms with Gasteiger partial charge in [0.1, 0.15) is 6.54 Å². The number of aromatic carboxylic acids is 1. The summed E-state index contributed by atoms with van der Waals surface area (Å²) >= 11 is 0. The maximum Gasteiger partial charge on any atom is 0.356 e. The van der Waals surface area contributed by atoms with E-state index < -0.39 is 5.97 Å². The van der Waals surface area contributed by atoms with Crippen molar-refractivity contribution in [1.29, 1.82) is 0 Å². The molecular formula is C8H7N3O3. The second kappa shape index (κ2) is 3.33. The van der Waals surface area contributed by atoms with Gasteiger partial charge in [-0.1, -0.05) is 5.16 Å². The predicted molar refractivity (Wildman–Crippen MR) is 44.8 cm³/mol. The Hall–Kier alpha value is -2.11. The summed E-state index contributed by atoms with van der Waals surface area (Å²) in [4.78, 5) is 10.5. The fourth-order valence-electron chi connectivity index (χ4n) is 1.05. The van der Waals surface area contributed by atoms with E-state index in [2.05, 4.69) is 10.3 Å². The van der Waals surface area contributed by atoms with Crippen LogP contribution in [0.15, 0.2) is 29.0 Å². The van der Waals surface area contributed by atoms with Crippen LogP contribution in [0.25, 0.3) is 0 Å². The Morgan fingerprint density at radius 1 is 1.57 bits per heavy atom. The van der Waals surface area contributed by atoms with Crippen molar-refractivity contribution in [2.75, 3.05) is 0 Å². The van der Waals surface area contributed by atoms with Crippen molar-refractivity contribution >= 4 is 5.97 Å². The molecule has 0 aliphatic carbocycles. The lowest BCUT2D eigenvalue weighted by Crippen LogP contribution is -2.03. The van der Waals surface area contributed by atoms with Crippen LogP contribution < -0.4 is 0 Å². The lowest BCUT2D eigenvalue weighted by molar-refractivity contribution is 0.0689. The molecule has 0 aliphatic rings. The zero-order chi connectivity index (χ0) is 9.97. The maximum atomic E-state index is 10.5. The summed E-state index contributed by atoms with van der Waals surface area (Å²) in [6.07, 6.45) is 3.10. The fraction of sp³-hybridized carbons (Fsp3) is 0.125. The Balaban J connectivity index is 2.14. The summed E-state index contributed by atoms with van der Waals surface area (Å²) in [7, 11) is 0. The molecule has 0 saturated heterocycles. The molecule has 0 aromatic carbocycles. The van der Waals surface area contributed by atoms with E-state index in [9.17, 15) is 4.79 Å². The third kappa shape index (κ3) is 1.63. The summed E-state index contributed by atoms with van der Waals surface area (Å²) in [5, 5.41) is 16.0.